The van der Waals surface area contributed by atoms with E-state index in [9.17, 15) is 4.79 Å². The molecule has 132 valence electrons. The van der Waals surface area contributed by atoms with Crippen LogP contribution in [0.25, 0.3) is 11.1 Å². The van der Waals surface area contributed by atoms with E-state index in [1.807, 2.05) is 24.3 Å². The SMILES string of the molecule is CN(C)C1(CNC(=O)c2ccccc2-c2cncnc2)CCCCC1. The first-order valence-corrected chi connectivity index (χ1v) is 8.92. The van der Waals surface area contributed by atoms with Gasteiger partial charge in [-0.1, -0.05) is 37.5 Å². The van der Waals surface area contributed by atoms with E-state index < -0.39 is 0 Å². The van der Waals surface area contributed by atoms with Gasteiger partial charge in [-0.3, -0.25) is 4.79 Å². The molecule has 0 unspecified atom stereocenters. The highest BCUT2D eigenvalue weighted by molar-refractivity contribution is 6.00. The van der Waals surface area contributed by atoms with Crippen molar-refractivity contribution >= 4 is 5.91 Å². The zero-order chi connectivity index (χ0) is 17.7. The lowest BCUT2D eigenvalue weighted by Crippen LogP contribution is -2.53. The Morgan fingerprint density at radius 3 is 2.48 bits per heavy atom. The lowest BCUT2D eigenvalue weighted by atomic mass is 9.80. The molecule has 3 rings (SSSR count). The van der Waals surface area contributed by atoms with Crippen molar-refractivity contribution < 1.29 is 4.79 Å². The number of benzene rings is 1. The molecule has 1 N–H and O–H groups in total. The van der Waals surface area contributed by atoms with Crippen molar-refractivity contribution in [1.82, 2.24) is 20.2 Å². The lowest BCUT2D eigenvalue weighted by molar-refractivity contribution is 0.0800. The van der Waals surface area contributed by atoms with Crippen LogP contribution in [-0.4, -0.2) is 47.0 Å². The molecule has 1 heterocycles. The standard InChI is InChI=1S/C20H26N4O/c1-24(2)20(10-6-3-7-11-20)14-23-19(25)18-9-5-4-8-17(18)16-12-21-15-22-13-16/h4-5,8-9,12-13,15H,3,6-7,10-11,14H2,1-2H3,(H,23,25). The molecule has 2 aromatic rings. The summed E-state index contributed by atoms with van der Waals surface area (Å²) in [5, 5.41) is 3.18. The van der Waals surface area contributed by atoms with Crippen molar-refractivity contribution in [1.29, 1.82) is 0 Å². The van der Waals surface area contributed by atoms with Crippen LogP contribution in [0.3, 0.4) is 0 Å². The van der Waals surface area contributed by atoms with Crippen molar-refractivity contribution in [3.8, 4) is 11.1 Å². The Kier molecular flexibility index (Phi) is 5.43. The van der Waals surface area contributed by atoms with Gasteiger partial charge in [0, 0.05) is 35.6 Å². The van der Waals surface area contributed by atoms with Gasteiger partial charge in [-0.05, 0) is 38.6 Å². The Labute approximate surface area is 149 Å². The van der Waals surface area contributed by atoms with E-state index in [1.54, 1.807) is 12.4 Å². The van der Waals surface area contributed by atoms with E-state index in [1.165, 1.54) is 25.6 Å². The normalized spacial score (nSPS) is 16.6. The van der Waals surface area contributed by atoms with Crippen LogP contribution >= 0.6 is 0 Å². The maximum absolute atomic E-state index is 12.9. The minimum atomic E-state index is -0.0359. The number of carbonyl (C=O) groups excluding carboxylic acids is 1. The molecule has 1 fully saturated rings. The third kappa shape index (κ3) is 3.87. The maximum Gasteiger partial charge on any atom is 0.251 e. The smallest absolute Gasteiger partial charge is 0.251 e. The quantitative estimate of drug-likeness (QED) is 0.910. The van der Waals surface area contributed by atoms with Crippen molar-refractivity contribution in [2.24, 2.45) is 0 Å². The fraction of sp³-hybridized carbons (Fsp3) is 0.450. The van der Waals surface area contributed by atoms with Crippen molar-refractivity contribution in [2.75, 3.05) is 20.6 Å². The van der Waals surface area contributed by atoms with Gasteiger partial charge in [0.2, 0.25) is 0 Å². The summed E-state index contributed by atoms with van der Waals surface area (Å²) in [6.07, 6.45) is 11.0. The summed E-state index contributed by atoms with van der Waals surface area (Å²) in [5.74, 6) is -0.0359. The second kappa shape index (κ2) is 7.74. The van der Waals surface area contributed by atoms with Crippen LogP contribution in [0.4, 0.5) is 0 Å². The van der Waals surface area contributed by atoms with Crippen LogP contribution in [0.5, 0.6) is 0 Å². The molecule has 1 saturated carbocycles. The maximum atomic E-state index is 12.9. The molecule has 0 radical (unpaired) electrons. The molecule has 0 atom stereocenters. The van der Waals surface area contributed by atoms with Gasteiger partial charge in [-0.2, -0.15) is 0 Å². The summed E-state index contributed by atoms with van der Waals surface area (Å²) in [4.78, 5) is 23.3. The predicted octanol–water partition coefficient (Wildman–Crippen LogP) is 3.14. The van der Waals surface area contributed by atoms with Gasteiger partial charge in [-0.25, -0.2) is 9.97 Å². The van der Waals surface area contributed by atoms with E-state index >= 15 is 0 Å². The van der Waals surface area contributed by atoms with E-state index in [-0.39, 0.29) is 11.4 Å². The van der Waals surface area contributed by atoms with Crippen LogP contribution in [-0.2, 0) is 0 Å². The number of carbonyl (C=O) groups is 1. The fourth-order valence-electron chi connectivity index (χ4n) is 3.70. The number of aromatic nitrogens is 2. The van der Waals surface area contributed by atoms with Crippen molar-refractivity contribution in [2.45, 2.75) is 37.6 Å². The number of nitrogens with zero attached hydrogens (tertiary/aromatic N) is 3. The molecule has 25 heavy (non-hydrogen) atoms. The Bertz CT molecular complexity index is 709. The van der Waals surface area contributed by atoms with Crippen LogP contribution in [0.1, 0.15) is 42.5 Å². The molecule has 5 nitrogen and oxygen atoms in total. The van der Waals surface area contributed by atoms with Gasteiger partial charge in [-0.15, -0.1) is 0 Å². The molecule has 0 saturated heterocycles. The highest BCUT2D eigenvalue weighted by Gasteiger charge is 2.34. The molecule has 1 aromatic carbocycles. The van der Waals surface area contributed by atoms with Crippen LogP contribution in [0, 0.1) is 0 Å². The summed E-state index contributed by atoms with van der Waals surface area (Å²) in [6, 6.07) is 7.63. The van der Waals surface area contributed by atoms with Crippen molar-refractivity contribution in [3.05, 3.63) is 48.5 Å². The number of hydrogen-bond donors (Lipinski definition) is 1. The minimum Gasteiger partial charge on any atom is -0.350 e. The molecule has 1 amide bonds. The van der Waals surface area contributed by atoms with Gasteiger partial charge in [0.15, 0.2) is 0 Å². The summed E-state index contributed by atoms with van der Waals surface area (Å²) >= 11 is 0. The third-order valence-electron chi connectivity index (χ3n) is 5.35. The summed E-state index contributed by atoms with van der Waals surface area (Å²) < 4.78 is 0. The second-order valence-electron chi connectivity index (χ2n) is 7.03. The summed E-state index contributed by atoms with van der Waals surface area (Å²) in [5.41, 5.74) is 2.46. The first kappa shape index (κ1) is 17.5. The zero-order valence-electron chi connectivity index (χ0n) is 15.0. The predicted molar refractivity (Wildman–Crippen MR) is 99.3 cm³/mol. The van der Waals surface area contributed by atoms with Crippen LogP contribution in [0.2, 0.25) is 0 Å². The van der Waals surface area contributed by atoms with Gasteiger partial charge in [0.25, 0.3) is 5.91 Å². The Balaban J connectivity index is 1.78. The number of rotatable bonds is 5. The highest BCUT2D eigenvalue weighted by atomic mass is 16.1. The molecular weight excluding hydrogens is 312 g/mol. The number of nitrogens with one attached hydrogen (secondary N) is 1. The van der Waals surface area contributed by atoms with E-state index in [2.05, 4.69) is 34.3 Å². The first-order chi connectivity index (χ1) is 12.1. The molecule has 1 aromatic heterocycles. The third-order valence-corrected chi connectivity index (χ3v) is 5.35. The minimum absolute atomic E-state index is 0.0359. The molecule has 1 aliphatic rings. The van der Waals surface area contributed by atoms with Gasteiger partial charge >= 0.3 is 0 Å². The molecule has 0 aliphatic heterocycles. The Morgan fingerprint density at radius 1 is 1.12 bits per heavy atom. The molecular formula is C20H26N4O. The van der Waals surface area contributed by atoms with E-state index in [0.717, 1.165) is 24.0 Å². The highest BCUT2D eigenvalue weighted by Crippen LogP contribution is 2.32. The van der Waals surface area contributed by atoms with Crippen LogP contribution in [0.15, 0.2) is 43.0 Å². The molecule has 0 spiro atoms. The van der Waals surface area contributed by atoms with Gasteiger partial charge < -0.3 is 10.2 Å². The van der Waals surface area contributed by atoms with E-state index in [0.29, 0.717) is 12.1 Å². The molecule has 1 aliphatic carbocycles. The second-order valence-corrected chi connectivity index (χ2v) is 7.03. The average molecular weight is 338 g/mol. The summed E-state index contributed by atoms with van der Waals surface area (Å²) in [6.45, 7) is 0.679. The topological polar surface area (TPSA) is 58.1 Å². The van der Waals surface area contributed by atoms with Gasteiger partial charge in [0.1, 0.15) is 6.33 Å². The summed E-state index contributed by atoms with van der Waals surface area (Å²) in [7, 11) is 4.24. The lowest BCUT2D eigenvalue weighted by Gasteiger charge is -2.43. The number of hydrogen-bond acceptors (Lipinski definition) is 4. The Morgan fingerprint density at radius 2 is 1.80 bits per heavy atom. The number of likely N-dealkylation sites (N-methyl/N-ethyl adjacent to an activating group) is 1. The zero-order valence-corrected chi connectivity index (χ0v) is 15.0. The van der Waals surface area contributed by atoms with Crippen LogP contribution < -0.4 is 5.32 Å². The number of amides is 1. The average Bonchev–Trinajstić information content (AvgIpc) is 2.67. The van der Waals surface area contributed by atoms with Gasteiger partial charge in [0.05, 0.1) is 0 Å². The fourth-order valence-corrected chi connectivity index (χ4v) is 3.70. The molecule has 5 heteroatoms. The monoisotopic (exact) mass is 338 g/mol. The first-order valence-electron chi connectivity index (χ1n) is 8.92. The van der Waals surface area contributed by atoms with E-state index in [4.69, 9.17) is 0 Å². The van der Waals surface area contributed by atoms with Crippen molar-refractivity contribution in [3.63, 3.8) is 0 Å². The largest absolute Gasteiger partial charge is 0.350 e. The Hall–Kier alpha value is -2.27. The molecule has 0 bridgehead atoms.